The zero-order valence-electron chi connectivity index (χ0n) is 20.0. The van der Waals surface area contributed by atoms with E-state index in [9.17, 15) is 4.79 Å². The van der Waals surface area contributed by atoms with E-state index in [-0.39, 0.29) is 11.8 Å². The summed E-state index contributed by atoms with van der Waals surface area (Å²) in [5.74, 6) is 0.267. The molecule has 2 aromatic heterocycles. The van der Waals surface area contributed by atoms with Crippen molar-refractivity contribution in [3.05, 3.63) is 102 Å². The van der Waals surface area contributed by atoms with E-state index in [0.29, 0.717) is 38.4 Å². The average Bonchev–Trinajstić information content (AvgIpc) is 3.14. The number of benzene rings is 2. The van der Waals surface area contributed by atoms with Gasteiger partial charge in [-0.15, -0.1) is 0 Å². The Hall–Kier alpha value is -3.77. The molecule has 1 atom stereocenters. The third-order valence-corrected chi connectivity index (χ3v) is 6.51. The van der Waals surface area contributed by atoms with Crippen LogP contribution in [0.25, 0.3) is 10.9 Å². The van der Waals surface area contributed by atoms with Gasteiger partial charge < -0.3 is 15.0 Å². The number of ether oxygens (including phenoxy) is 1. The molecule has 0 saturated carbocycles. The van der Waals surface area contributed by atoms with Crippen molar-refractivity contribution >= 4 is 22.5 Å². The average molecular weight is 467 g/mol. The van der Waals surface area contributed by atoms with Gasteiger partial charge in [0.2, 0.25) is 0 Å². The van der Waals surface area contributed by atoms with Gasteiger partial charge in [0.25, 0.3) is 5.91 Å². The summed E-state index contributed by atoms with van der Waals surface area (Å²) in [5.41, 5.74) is 6.09. The van der Waals surface area contributed by atoms with Gasteiger partial charge >= 0.3 is 0 Å². The van der Waals surface area contributed by atoms with Crippen molar-refractivity contribution in [2.75, 3.05) is 31.6 Å². The lowest BCUT2D eigenvalue weighted by Crippen LogP contribution is -2.36. The number of nitrogens with one attached hydrogen (secondary N) is 1. The number of aryl methyl sites for hydroxylation is 1. The Morgan fingerprint density at radius 2 is 1.94 bits per heavy atom. The number of nitrogens with zero attached hydrogens (tertiary/aromatic N) is 3. The lowest BCUT2D eigenvalue weighted by molar-refractivity contribution is 0.0737. The third kappa shape index (κ3) is 5.66. The minimum absolute atomic E-state index is 0.0455. The van der Waals surface area contributed by atoms with E-state index in [0.717, 1.165) is 34.1 Å². The van der Waals surface area contributed by atoms with Crippen LogP contribution < -0.4 is 5.32 Å². The predicted octanol–water partition coefficient (Wildman–Crippen LogP) is 4.88. The fourth-order valence-electron chi connectivity index (χ4n) is 4.58. The number of anilines is 1. The minimum Gasteiger partial charge on any atom is -0.381 e. The van der Waals surface area contributed by atoms with E-state index in [4.69, 9.17) is 4.74 Å². The maximum atomic E-state index is 13.5. The summed E-state index contributed by atoms with van der Waals surface area (Å²) in [6.07, 6.45) is 6.35. The van der Waals surface area contributed by atoms with Gasteiger partial charge in [0.05, 0.1) is 18.7 Å². The van der Waals surface area contributed by atoms with E-state index >= 15 is 0 Å². The number of hydrogen-bond acceptors (Lipinski definition) is 5. The lowest BCUT2D eigenvalue weighted by Gasteiger charge is -2.24. The molecule has 0 bridgehead atoms. The summed E-state index contributed by atoms with van der Waals surface area (Å²) in [6, 6.07) is 20.2. The van der Waals surface area contributed by atoms with Gasteiger partial charge in [-0.05, 0) is 66.4 Å². The maximum Gasteiger partial charge on any atom is 0.254 e. The molecule has 1 amide bonds. The number of carbonyl (C=O) groups excluding carboxylic acids is 1. The Bertz CT molecular complexity index is 1310. The van der Waals surface area contributed by atoms with E-state index in [1.54, 1.807) is 12.4 Å². The van der Waals surface area contributed by atoms with Crippen molar-refractivity contribution in [1.82, 2.24) is 14.9 Å². The van der Waals surface area contributed by atoms with Gasteiger partial charge in [0.1, 0.15) is 0 Å². The monoisotopic (exact) mass is 466 g/mol. The molecule has 35 heavy (non-hydrogen) atoms. The minimum atomic E-state index is 0.0455. The van der Waals surface area contributed by atoms with Crippen LogP contribution in [0.3, 0.4) is 0 Å². The van der Waals surface area contributed by atoms with Crippen LogP contribution >= 0.6 is 0 Å². The second kappa shape index (κ2) is 10.7. The smallest absolute Gasteiger partial charge is 0.254 e. The molecule has 6 nitrogen and oxygen atoms in total. The second-order valence-corrected chi connectivity index (χ2v) is 9.17. The highest BCUT2D eigenvalue weighted by Crippen LogP contribution is 2.22. The summed E-state index contributed by atoms with van der Waals surface area (Å²) in [6.45, 7) is 5.19. The number of carbonyl (C=O) groups is 1. The van der Waals surface area contributed by atoms with Crippen LogP contribution in [-0.4, -0.2) is 47.1 Å². The van der Waals surface area contributed by atoms with Crippen molar-refractivity contribution < 1.29 is 9.53 Å². The fourth-order valence-corrected chi connectivity index (χ4v) is 4.58. The summed E-state index contributed by atoms with van der Waals surface area (Å²) in [5, 5.41) is 4.60. The zero-order valence-corrected chi connectivity index (χ0v) is 20.0. The standard InChI is InChI=1S/C29H30N4O2/c1-21-6-7-26(16-28(21)32-17-22-8-10-30-11-9-22)29(34)33-12-13-35-20-24(19-33)14-23-15-25-4-2-3-5-27(25)31-18-23/h2-11,15-16,18,24,32H,12-14,17,19-20H2,1H3/t24-/m1/s1. The number of pyridine rings is 2. The molecule has 1 fully saturated rings. The Morgan fingerprint density at radius 3 is 2.83 bits per heavy atom. The Labute approximate surface area is 206 Å². The first kappa shape index (κ1) is 23.0. The van der Waals surface area contributed by atoms with E-state index in [1.165, 1.54) is 5.56 Å². The molecule has 0 spiro atoms. The molecule has 1 N–H and O–H groups in total. The molecule has 0 unspecified atom stereocenters. The van der Waals surface area contributed by atoms with E-state index in [1.807, 2.05) is 59.6 Å². The zero-order chi connectivity index (χ0) is 24.0. The summed E-state index contributed by atoms with van der Waals surface area (Å²) >= 11 is 0. The first-order valence-electron chi connectivity index (χ1n) is 12.1. The molecule has 0 aliphatic carbocycles. The number of para-hydroxylation sites is 1. The van der Waals surface area contributed by atoms with Crippen LogP contribution in [0.15, 0.2) is 79.3 Å². The molecule has 1 saturated heterocycles. The SMILES string of the molecule is Cc1ccc(C(=O)N2CCOC[C@H](Cc3cnc4ccccc4c3)C2)cc1NCc1ccncc1. The van der Waals surface area contributed by atoms with Crippen molar-refractivity contribution in [2.45, 2.75) is 19.9 Å². The molecule has 1 aliphatic rings. The van der Waals surface area contributed by atoms with Crippen LogP contribution in [0.4, 0.5) is 5.69 Å². The van der Waals surface area contributed by atoms with Gasteiger partial charge in [-0.3, -0.25) is 14.8 Å². The number of aromatic nitrogens is 2. The normalized spacial score (nSPS) is 16.1. The van der Waals surface area contributed by atoms with Gasteiger partial charge in [-0.1, -0.05) is 24.3 Å². The number of rotatable bonds is 6. The van der Waals surface area contributed by atoms with E-state index in [2.05, 4.69) is 34.3 Å². The molecular weight excluding hydrogens is 436 g/mol. The topological polar surface area (TPSA) is 67.4 Å². The van der Waals surface area contributed by atoms with Crippen molar-refractivity contribution in [1.29, 1.82) is 0 Å². The highest BCUT2D eigenvalue weighted by atomic mass is 16.5. The first-order chi connectivity index (χ1) is 17.2. The predicted molar refractivity (Wildman–Crippen MR) is 138 cm³/mol. The van der Waals surface area contributed by atoms with Crippen LogP contribution in [0.5, 0.6) is 0 Å². The molecule has 0 radical (unpaired) electrons. The number of fused-ring (bicyclic) bond motifs is 1. The van der Waals surface area contributed by atoms with Gasteiger partial charge in [-0.25, -0.2) is 0 Å². The van der Waals surface area contributed by atoms with Crippen molar-refractivity contribution in [3.63, 3.8) is 0 Å². The van der Waals surface area contributed by atoms with Gasteiger partial charge in [0.15, 0.2) is 0 Å². The Balaban J connectivity index is 1.28. The van der Waals surface area contributed by atoms with Crippen LogP contribution in [0.1, 0.15) is 27.0 Å². The fraction of sp³-hybridized carbons (Fsp3) is 0.276. The number of amides is 1. The van der Waals surface area contributed by atoms with Crippen LogP contribution in [-0.2, 0) is 17.7 Å². The number of hydrogen-bond donors (Lipinski definition) is 1. The largest absolute Gasteiger partial charge is 0.381 e. The van der Waals surface area contributed by atoms with E-state index < -0.39 is 0 Å². The van der Waals surface area contributed by atoms with Crippen molar-refractivity contribution in [3.8, 4) is 0 Å². The third-order valence-electron chi connectivity index (χ3n) is 6.51. The highest BCUT2D eigenvalue weighted by Gasteiger charge is 2.24. The van der Waals surface area contributed by atoms with Crippen LogP contribution in [0, 0.1) is 12.8 Å². The van der Waals surface area contributed by atoms with Crippen LogP contribution in [0.2, 0.25) is 0 Å². The highest BCUT2D eigenvalue weighted by molar-refractivity contribution is 5.95. The summed E-state index contributed by atoms with van der Waals surface area (Å²) in [7, 11) is 0. The Kier molecular flexibility index (Phi) is 7.00. The molecule has 6 heteroatoms. The first-order valence-corrected chi connectivity index (χ1v) is 12.1. The second-order valence-electron chi connectivity index (χ2n) is 9.17. The summed E-state index contributed by atoms with van der Waals surface area (Å²) < 4.78 is 5.88. The molecule has 5 rings (SSSR count). The summed E-state index contributed by atoms with van der Waals surface area (Å²) in [4.78, 5) is 24.1. The van der Waals surface area contributed by atoms with Crippen molar-refractivity contribution in [2.24, 2.45) is 5.92 Å². The molecule has 178 valence electrons. The molecule has 1 aliphatic heterocycles. The quantitative estimate of drug-likeness (QED) is 0.439. The lowest BCUT2D eigenvalue weighted by atomic mass is 9.99. The molecule has 4 aromatic rings. The maximum absolute atomic E-state index is 13.5. The van der Waals surface area contributed by atoms with Gasteiger partial charge in [-0.2, -0.15) is 0 Å². The molecular formula is C29H30N4O2. The Morgan fingerprint density at radius 1 is 1.09 bits per heavy atom. The molecule has 2 aromatic carbocycles. The molecule has 3 heterocycles. The van der Waals surface area contributed by atoms with Gasteiger partial charge in [0, 0.05) is 60.8 Å².